The maximum absolute atomic E-state index is 12.6. The van der Waals surface area contributed by atoms with Gasteiger partial charge in [-0.25, -0.2) is 13.4 Å². The summed E-state index contributed by atoms with van der Waals surface area (Å²) in [6, 6.07) is 2.96. The molecule has 150 valence electrons. The first-order valence-corrected chi connectivity index (χ1v) is 10.8. The molecule has 1 aliphatic heterocycles. The molecular weight excluding hydrogens is 404 g/mol. The molecule has 1 atom stereocenters. The summed E-state index contributed by atoms with van der Waals surface area (Å²) in [5, 5.41) is 4.42. The Hall–Kier alpha value is -2.59. The molecule has 1 aliphatic rings. The molecule has 10 heteroatoms. The number of amides is 1. The standard InChI is InChI=1S/C18H20N2O6S2/c1-10-15(17(21)19-12-5-6-28(22,23)9-12)20-18(27-10)11-7-13(24-2)16(26-4)14(8-11)25-3/h5-8,12H,9H2,1-4H3,(H,19,21). The van der Waals surface area contributed by atoms with Crippen LogP contribution >= 0.6 is 11.3 Å². The van der Waals surface area contributed by atoms with Gasteiger partial charge in [-0.2, -0.15) is 0 Å². The summed E-state index contributed by atoms with van der Waals surface area (Å²) in [5.41, 5.74) is 0.969. The van der Waals surface area contributed by atoms with Crippen LogP contribution in [0, 0.1) is 6.92 Å². The lowest BCUT2D eigenvalue weighted by Gasteiger charge is -2.13. The molecule has 0 saturated carbocycles. The number of nitrogens with one attached hydrogen (secondary N) is 1. The van der Waals surface area contributed by atoms with Gasteiger partial charge in [-0.3, -0.25) is 4.79 Å². The quantitative estimate of drug-likeness (QED) is 0.758. The lowest BCUT2D eigenvalue weighted by Crippen LogP contribution is -2.35. The number of methoxy groups -OCH3 is 3. The van der Waals surface area contributed by atoms with Gasteiger partial charge in [0.1, 0.15) is 10.7 Å². The lowest BCUT2D eigenvalue weighted by molar-refractivity contribution is 0.0943. The van der Waals surface area contributed by atoms with E-state index in [1.54, 1.807) is 19.1 Å². The van der Waals surface area contributed by atoms with Crippen LogP contribution in [0.25, 0.3) is 10.6 Å². The molecule has 2 heterocycles. The molecule has 1 amide bonds. The second-order valence-corrected chi connectivity index (χ2v) is 9.21. The van der Waals surface area contributed by atoms with E-state index in [1.165, 1.54) is 38.7 Å². The largest absolute Gasteiger partial charge is 0.493 e. The zero-order valence-corrected chi connectivity index (χ0v) is 17.4. The monoisotopic (exact) mass is 424 g/mol. The molecule has 0 aliphatic carbocycles. The van der Waals surface area contributed by atoms with Crippen molar-refractivity contribution in [3.63, 3.8) is 0 Å². The van der Waals surface area contributed by atoms with Crippen molar-refractivity contribution >= 4 is 27.1 Å². The van der Waals surface area contributed by atoms with Gasteiger partial charge in [0.25, 0.3) is 5.91 Å². The highest BCUT2D eigenvalue weighted by atomic mass is 32.2. The Morgan fingerprint density at radius 2 is 1.82 bits per heavy atom. The van der Waals surface area contributed by atoms with Gasteiger partial charge in [0.2, 0.25) is 5.75 Å². The maximum atomic E-state index is 12.6. The van der Waals surface area contributed by atoms with Gasteiger partial charge < -0.3 is 19.5 Å². The summed E-state index contributed by atoms with van der Waals surface area (Å²) in [5.74, 6) is 0.879. The van der Waals surface area contributed by atoms with Crippen molar-refractivity contribution in [2.45, 2.75) is 13.0 Å². The molecule has 1 unspecified atom stereocenters. The highest BCUT2D eigenvalue weighted by molar-refractivity contribution is 7.94. The predicted octanol–water partition coefficient (Wildman–Crippen LogP) is 2.18. The molecule has 1 N–H and O–H groups in total. The fraction of sp³-hybridized carbons (Fsp3) is 0.333. The van der Waals surface area contributed by atoms with Gasteiger partial charge in [0.15, 0.2) is 21.3 Å². The van der Waals surface area contributed by atoms with Crippen LogP contribution in [0.3, 0.4) is 0 Å². The van der Waals surface area contributed by atoms with E-state index in [2.05, 4.69) is 10.3 Å². The summed E-state index contributed by atoms with van der Waals surface area (Å²) in [4.78, 5) is 17.7. The van der Waals surface area contributed by atoms with Crippen LogP contribution in [0.2, 0.25) is 0 Å². The molecule has 0 radical (unpaired) electrons. The van der Waals surface area contributed by atoms with Crippen molar-refractivity contribution in [1.82, 2.24) is 10.3 Å². The normalized spacial score (nSPS) is 17.4. The number of hydrogen-bond donors (Lipinski definition) is 1. The smallest absolute Gasteiger partial charge is 0.271 e. The van der Waals surface area contributed by atoms with Crippen molar-refractivity contribution in [1.29, 1.82) is 0 Å². The number of carbonyl (C=O) groups excluding carboxylic acids is 1. The van der Waals surface area contributed by atoms with Gasteiger partial charge in [-0.05, 0) is 25.1 Å². The van der Waals surface area contributed by atoms with E-state index < -0.39 is 21.8 Å². The van der Waals surface area contributed by atoms with Crippen molar-refractivity contribution in [2.75, 3.05) is 27.1 Å². The summed E-state index contributed by atoms with van der Waals surface area (Å²) in [6.45, 7) is 1.79. The Labute approximate surface area is 167 Å². The van der Waals surface area contributed by atoms with E-state index >= 15 is 0 Å². The third-order valence-electron chi connectivity index (χ3n) is 4.17. The van der Waals surface area contributed by atoms with E-state index in [1.807, 2.05) is 0 Å². The average molecular weight is 425 g/mol. The topological polar surface area (TPSA) is 104 Å². The molecule has 0 fully saturated rings. The molecule has 3 rings (SSSR count). The Kier molecular flexibility index (Phi) is 5.61. The van der Waals surface area contributed by atoms with Gasteiger partial charge in [0.05, 0.1) is 33.1 Å². The molecule has 1 aromatic carbocycles. The van der Waals surface area contributed by atoms with Crippen molar-refractivity contribution in [3.05, 3.63) is 34.2 Å². The number of ether oxygens (including phenoxy) is 3. The Morgan fingerprint density at radius 3 is 2.32 bits per heavy atom. The van der Waals surface area contributed by atoms with E-state index in [4.69, 9.17) is 14.2 Å². The number of aryl methyl sites for hydroxylation is 1. The van der Waals surface area contributed by atoms with E-state index in [0.717, 1.165) is 5.41 Å². The number of hydrogen-bond acceptors (Lipinski definition) is 8. The number of benzene rings is 1. The number of aromatic nitrogens is 1. The molecule has 0 spiro atoms. The van der Waals surface area contributed by atoms with E-state index in [-0.39, 0.29) is 11.4 Å². The molecule has 0 bridgehead atoms. The number of nitrogens with zero attached hydrogens (tertiary/aromatic N) is 1. The zero-order chi connectivity index (χ0) is 20.5. The van der Waals surface area contributed by atoms with Crippen molar-refractivity contribution in [2.24, 2.45) is 0 Å². The third kappa shape index (κ3) is 3.97. The molecule has 8 nitrogen and oxygen atoms in total. The van der Waals surface area contributed by atoms with Crippen LogP contribution in [-0.4, -0.2) is 52.4 Å². The van der Waals surface area contributed by atoms with Gasteiger partial charge >= 0.3 is 0 Å². The number of carbonyl (C=O) groups is 1. The van der Waals surface area contributed by atoms with Crippen LogP contribution < -0.4 is 19.5 Å². The first-order chi connectivity index (χ1) is 13.3. The molecule has 0 saturated heterocycles. The van der Waals surface area contributed by atoms with Gasteiger partial charge in [-0.1, -0.05) is 0 Å². The number of thiazole rings is 1. The Morgan fingerprint density at radius 1 is 1.18 bits per heavy atom. The Balaban J connectivity index is 1.90. The van der Waals surface area contributed by atoms with E-state index in [0.29, 0.717) is 32.7 Å². The fourth-order valence-corrected chi connectivity index (χ4v) is 4.97. The second-order valence-electron chi connectivity index (χ2n) is 6.08. The first-order valence-electron chi connectivity index (χ1n) is 8.27. The summed E-state index contributed by atoms with van der Waals surface area (Å²) < 4.78 is 39.0. The van der Waals surface area contributed by atoms with Crippen molar-refractivity contribution < 1.29 is 27.4 Å². The van der Waals surface area contributed by atoms with Crippen LogP contribution in [0.5, 0.6) is 17.2 Å². The summed E-state index contributed by atoms with van der Waals surface area (Å²) in [6.07, 6.45) is 1.47. The maximum Gasteiger partial charge on any atom is 0.271 e. The van der Waals surface area contributed by atoms with Crippen LogP contribution in [0.4, 0.5) is 0 Å². The molecule has 2 aromatic rings. The highest BCUT2D eigenvalue weighted by Crippen LogP contribution is 2.42. The molecule has 1 aromatic heterocycles. The summed E-state index contributed by atoms with van der Waals surface area (Å²) in [7, 11) is 1.32. The minimum Gasteiger partial charge on any atom is -0.493 e. The number of sulfone groups is 1. The Bertz CT molecular complexity index is 1020. The van der Waals surface area contributed by atoms with E-state index in [9.17, 15) is 13.2 Å². The minimum absolute atomic E-state index is 0.137. The molecule has 28 heavy (non-hydrogen) atoms. The highest BCUT2D eigenvalue weighted by Gasteiger charge is 2.26. The second kappa shape index (κ2) is 7.80. The van der Waals surface area contributed by atoms with Crippen LogP contribution in [0.15, 0.2) is 23.6 Å². The van der Waals surface area contributed by atoms with Crippen LogP contribution in [-0.2, 0) is 9.84 Å². The average Bonchev–Trinajstić information content (AvgIpc) is 3.22. The third-order valence-corrected chi connectivity index (χ3v) is 6.59. The first kappa shape index (κ1) is 20.2. The SMILES string of the molecule is COc1cc(-c2nc(C(=O)NC3C=CS(=O)(=O)C3)c(C)s2)cc(OC)c1OC. The van der Waals surface area contributed by atoms with Crippen molar-refractivity contribution in [3.8, 4) is 27.8 Å². The predicted molar refractivity (Wildman–Crippen MR) is 106 cm³/mol. The molecular formula is C18H20N2O6S2. The van der Waals surface area contributed by atoms with Crippen LogP contribution in [0.1, 0.15) is 15.4 Å². The fourth-order valence-electron chi connectivity index (χ4n) is 2.84. The summed E-state index contributed by atoms with van der Waals surface area (Å²) >= 11 is 1.35. The number of rotatable bonds is 6. The lowest BCUT2D eigenvalue weighted by atomic mass is 10.2. The zero-order valence-electron chi connectivity index (χ0n) is 15.8. The minimum atomic E-state index is -3.25. The van der Waals surface area contributed by atoms with Gasteiger partial charge in [-0.15, -0.1) is 11.3 Å². The van der Waals surface area contributed by atoms with Gasteiger partial charge in [0, 0.05) is 15.8 Å².